The number of amides is 2. The topological polar surface area (TPSA) is 104 Å². The molecule has 7 heteroatoms. The van der Waals surface area contributed by atoms with Gasteiger partial charge in [-0.05, 0) is 6.92 Å². The fourth-order valence-corrected chi connectivity index (χ4v) is 1.82. The van der Waals surface area contributed by atoms with Gasteiger partial charge < -0.3 is 20.2 Å². The van der Waals surface area contributed by atoms with Gasteiger partial charge in [0.1, 0.15) is 6.04 Å². The van der Waals surface area contributed by atoms with E-state index in [1.807, 2.05) is 30.3 Å². The molecule has 1 aromatic heterocycles. The molecule has 0 fully saturated rings. The Morgan fingerprint density at radius 2 is 2.05 bits per heavy atom. The van der Waals surface area contributed by atoms with Gasteiger partial charge in [0.15, 0.2) is 5.76 Å². The fraction of sp³-hybridized carbons (Fsp3) is 0.267. The highest BCUT2D eigenvalue weighted by molar-refractivity contribution is 5.75. The largest absolute Gasteiger partial charge is 0.481 e. The predicted octanol–water partition coefficient (Wildman–Crippen LogP) is 2.18. The summed E-state index contributed by atoms with van der Waals surface area (Å²) >= 11 is 0. The first kappa shape index (κ1) is 15.6. The van der Waals surface area contributed by atoms with E-state index in [9.17, 15) is 9.59 Å². The van der Waals surface area contributed by atoms with Crippen LogP contribution < -0.4 is 10.6 Å². The van der Waals surface area contributed by atoms with Crippen LogP contribution in [-0.2, 0) is 4.79 Å². The third-order valence-corrected chi connectivity index (χ3v) is 2.92. The van der Waals surface area contributed by atoms with Crippen molar-refractivity contribution in [1.29, 1.82) is 0 Å². The lowest BCUT2D eigenvalue weighted by Gasteiger charge is -2.11. The van der Waals surface area contributed by atoms with Gasteiger partial charge in [0.2, 0.25) is 5.89 Å². The molecule has 1 unspecified atom stereocenters. The van der Waals surface area contributed by atoms with Crippen molar-refractivity contribution in [3.8, 4) is 11.3 Å². The van der Waals surface area contributed by atoms with E-state index in [-0.39, 0.29) is 13.0 Å². The molecule has 22 heavy (non-hydrogen) atoms. The number of hydrogen-bond donors (Lipinski definition) is 3. The fourth-order valence-electron chi connectivity index (χ4n) is 1.82. The number of carbonyl (C=O) groups is 2. The predicted molar refractivity (Wildman–Crippen MR) is 79.1 cm³/mol. The number of carboxylic acid groups (broad SMARTS) is 1. The van der Waals surface area contributed by atoms with Crippen LogP contribution in [0, 0.1) is 0 Å². The van der Waals surface area contributed by atoms with Gasteiger partial charge in [-0.3, -0.25) is 4.79 Å². The van der Waals surface area contributed by atoms with Crippen LogP contribution in [0.15, 0.2) is 40.9 Å². The molecule has 0 aliphatic rings. The van der Waals surface area contributed by atoms with Crippen LogP contribution in [0.3, 0.4) is 0 Å². The first-order valence-electron chi connectivity index (χ1n) is 6.83. The highest BCUT2D eigenvalue weighted by Gasteiger charge is 2.15. The second-order valence-corrected chi connectivity index (χ2v) is 4.69. The molecule has 0 aliphatic heterocycles. The minimum atomic E-state index is -0.964. The highest BCUT2D eigenvalue weighted by atomic mass is 16.4. The van der Waals surface area contributed by atoms with Crippen molar-refractivity contribution in [3.63, 3.8) is 0 Å². The molecule has 1 aromatic carbocycles. The van der Waals surface area contributed by atoms with Crippen LogP contribution in [0.5, 0.6) is 0 Å². The molecular formula is C15H17N3O4. The Bertz CT molecular complexity index is 639. The summed E-state index contributed by atoms with van der Waals surface area (Å²) in [5.74, 6) is 0.0383. The van der Waals surface area contributed by atoms with Crippen molar-refractivity contribution in [2.45, 2.75) is 19.4 Å². The van der Waals surface area contributed by atoms with E-state index in [0.717, 1.165) is 5.56 Å². The number of rotatable bonds is 6. The van der Waals surface area contributed by atoms with E-state index in [2.05, 4.69) is 15.6 Å². The zero-order valence-corrected chi connectivity index (χ0v) is 12.1. The average molecular weight is 303 g/mol. The SMILES string of the molecule is CC(NC(=O)NCCC(=O)O)c1ncc(-c2ccccc2)o1. The monoisotopic (exact) mass is 303 g/mol. The lowest BCUT2D eigenvalue weighted by atomic mass is 10.2. The number of nitrogens with zero attached hydrogens (tertiary/aromatic N) is 1. The molecule has 0 saturated carbocycles. The molecular weight excluding hydrogens is 286 g/mol. The third kappa shape index (κ3) is 4.34. The second kappa shape index (κ2) is 7.26. The Kier molecular flexibility index (Phi) is 5.13. The molecule has 1 atom stereocenters. The number of nitrogens with one attached hydrogen (secondary N) is 2. The van der Waals surface area contributed by atoms with Crippen LogP contribution >= 0.6 is 0 Å². The lowest BCUT2D eigenvalue weighted by molar-refractivity contribution is -0.136. The standard InChI is InChI=1S/C15H17N3O4/c1-10(18-15(21)16-8-7-13(19)20)14-17-9-12(22-14)11-5-3-2-4-6-11/h2-6,9-10H,7-8H2,1H3,(H,19,20)(H2,16,18,21). The van der Waals surface area contributed by atoms with Crippen LogP contribution in [-0.4, -0.2) is 28.6 Å². The number of aliphatic carboxylic acids is 1. The molecule has 116 valence electrons. The summed E-state index contributed by atoms with van der Waals surface area (Å²) in [6, 6.07) is 8.62. The number of benzene rings is 1. The van der Waals surface area contributed by atoms with Crippen molar-refractivity contribution in [2.24, 2.45) is 0 Å². The number of carboxylic acids is 1. The summed E-state index contributed by atoms with van der Waals surface area (Å²) in [5.41, 5.74) is 0.902. The van der Waals surface area contributed by atoms with Gasteiger partial charge in [-0.1, -0.05) is 30.3 Å². The Balaban J connectivity index is 1.90. The normalized spacial score (nSPS) is 11.7. The smallest absolute Gasteiger partial charge is 0.315 e. The van der Waals surface area contributed by atoms with Crippen LogP contribution in [0.4, 0.5) is 4.79 Å². The number of urea groups is 1. The summed E-state index contributed by atoms with van der Waals surface area (Å²) in [7, 11) is 0. The first-order valence-corrected chi connectivity index (χ1v) is 6.83. The van der Waals surface area contributed by atoms with Crippen molar-refractivity contribution >= 4 is 12.0 Å². The maximum absolute atomic E-state index is 11.6. The summed E-state index contributed by atoms with van der Waals surface area (Å²) in [6.45, 7) is 1.80. The van der Waals surface area contributed by atoms with E-state index in [1.165, 1.54) is 0 Å². The Morgan fingerprint density at radius 1 is 1.32 bits per heavy atom. The molecule has 0 saturated heterocycles. The van der Waals surface area contributed by atoms with Crippen molar-refractivity contribution < 1.29 is 19.1 Å². The highest BCUT2D eigenvalue weighted by Crippen LogP contribution is 2.22. The van der Waals surface area contributed by atoms with E-state index < -0.39 is 18.0 Å². The quantitative estimate of drug-likeness (QED) is 0.758. The Hall–Kier alpha value is -2.83. The zero-order valence-electron chi connectivity index (χ0n) is 12.1. The molecule has 3 N–H and O–H groups in total. The van der Waals surface area contributed by atoms with E-state index in [1.54, 1.807) is 13.1 Å². The zero-order chi connectivity index (χ0) is 15.9. The van der Waals surface area contributed by atoms with Gasteiger partial charge in [-0.25, -0.2) is 9.78 Å². The van der Waals surface area contributed by atoms with E-state index in [0.29, 0.717) is 11.7 Å². The number of hydrogen-bond acceptors (Lipinski definition) is 4. The molecule has 2 rings (SSSR count). The second-order valence-electron chi connectivity index (χ2n) is 4.69. The molecule has 0 aliphatic carbocycles. The molecule has 0 spiro atoms. The van der Waals surface area contributed by atoms with Crippen LogP contribution in [0.1, 0.15) is 25.3 Å². The summed E-state index contributed by atoms with van der Waals surface area (Å²) in [4.78, 5) is 26.1. The summed E-state index contributed by atoms with van der Waals surface area (Å²) in [5, 5.41) is 13.6. The maximum atomic E-state index is 11.6. The van der Waals surface area contributed by atoms with Gasteiger partial charge in [0.25, 0.3) is 0 Å². The minimum Gasteiger partial charge on any atom is -0.481 e. The van der Waals surface area contributed by atoms with Gasteiger partial charge in [-0.2, -0.15) is 0 Å². The van der Waals surface area contributed by atoms with E-state index in [4.69, 9.17) is 9.52 Å². The molecule has 2 amide bonds. The molecule has 7 nitrogen and oxygen atoms in total. The van der Waals surface area contributed by atoms with Gasteiger partial charge in [-0.15, -0.1) is 0 Å². The van der Waals surface area contributed by atoms with Crippen molar-refractivity contribution in [3.05, 3.63) is 42.4 Å². The molecule has 1 heterocycles. The van der Waals surface area contributed by atoms with Crippen LogP contribution in [0.25, 0.3) is 11.3 Å². The summed E-state index contributed by atoms with van der Waals surface area (Å²) in [6.07, 6.45) is 1.48. The molecule has 0 bridgehead atoms. The van der Waals surface area contributed by atoms with Gasteiger partial charge in [0.05, 0.1) is 12.6 Å². The lowest BCUT2D eigenvalue weighted by Crippen LogP contribution is -2.38. The van der Waals surface area contributed by atoms with Crippen molar-refractivity contribution in [1.82, 2.24) is 15.6 Å². The number of aromatic nitrogens is 1. The van der Waals surface area contributed by atoms with E-state index >= 15 is 0 Å². The Labute approximate surface area is 127 Å². The van der Waals surface area contributed by atoms with Gasteiger partial charge >= 0.3 is 12.0 Å². The average Bonchev–Trinajstić information content (AvgIpc) is 2.97. The minimum absolute atomic E-state index is 0.0642. The Morgan fingerprint density at radius 3 is 2.73 bits per heavy atom. The first-order chi connectivity index (χ1) is 10.6. The summed E-state index contributed by atoms with van der Waals surface area (Å²) < 4.78 is 5.63. The molecule has 0 radical (unpaired) electrons. The van der Waals surface area contributed by atoms with Crippen LogP contribution in [0.2, 0.25) is 0 Å². The van der Waals surface area contributed by atoms with Gasteiger partial charge in [0, 0.05) is 12.1 Å². The third-order valence-electron chi connectivity index (χ3n) is 2.92. The maximum Gasteiger partial charge on any atom is 0.315 e. The number of carbonyl (C=O) groups excluding carboxylic acids is 1. The molecule has 2 aromatic rings. The number of oxazole rings is 1. The van der Waals surface area contributed by atoms with Crippen molar-refractivity contribution in [2.75, 3.05) is 6.54 Å².